The molecule has 0 N–H and O–H groups in total. The number of hydrogen-bond donors (Lipinski definition) is 0. The molecule has 138 valence electrons. The number of nitro groups is 1. The predicted octanol–water partition coefficient (Wildman–Crippen LogP) is 4.83. The summed E-state index contributed by atoms with van der Waals surface area (Å²) in [6.45, 7) is 1.93. The Bertz CT molecular complexity index is 1160. The summed E-state index contributed by atoms with van der Waals surface area (Å²) in [5.74, 6) is 0.346. The lowest BCUT2D eigenvalue weighted by atomic mass is 10.2. The Hall–Kier alpha value is -4.07. The third-order valence-electron chi connectivity index (χ3n) is 3.98. The van der Waals surface area contributed by atoms with Gasteiger partial charge in [-0.2, -0.15) is 9.97 Å². The second-order valence-corrected chi connectivity index (χ2v) is 5.94. The topological polar surface area (TPSA) is 100 Å². The molecule has 0 aliphatic carbocycles. The Morgan fingerprint density at radius 3 is 2.36 bits per heavy atom. The third-order valence-corrected chi connectivity index (χ3v) is 3.98. The molecule has 2 aromatic heterocycles. The molecule has 0 spiro atoms. The van der Waals surface area contributed by atoms with Crippen LogP contribution in [0.1, 0.15) is 5.56 Å². The number of pyridine rings is 1. The minimum Gasteiger partial charge on any atom is -0.433 e. The van der Waals surface area contributed by atoms with Gasteiger partial charge in [0.25, 0.3) is 0 Å². The quantitative estimate of drug-likeness (QED) is 0.364. The monoisotopic (exact) mass is 374 g/mol. The maximum absolute atomic E-state index is 11.7. The highest BCUT2D eigenvalue weighted by atomic mass is 16.6. The number of para-hydroxylation sites is 1. The zero-order valence-corrected chi connectivity index (χ0v) is 14.8. The Balaban J connectivity index is 1.74. The highest BCUT2D eigenvalue weighted by molar-refractivity contribution is 5.84. The van der Waals surface area contributed by atoms with Gasteiger partial charge in [-0.1, -0.05) is 35.9 Å². The van der Waals surface area contributed by atoms with Crippen LogP contribution in [0.2, 0.25) is 0 Å². The van der Waals surface area contributed by atoms with Gasteiger partial charge in [0, 0.05) is 11.6 Å². The predicted molar refractivity (Wildman–Crippen MR) is 102 cm³/mol. The van der Waals surface area contributed by atoms with Crippen molar-refractivity contribution in [1.29, 1.82) is 0 Å². The number of hydrogen-bond acceptors (Lipinski definition) is 7. The lowest BCUT2D eigenvalue weighted by Crippen LogP contribution is -2.01. The standard InChI is InChI=1S/C20H14N4O4/c1-13-7-9-15(10-8-13)27-19-18(24(25)26)20(23-12-22-19)28-16-6-2-4-14-5-3-11-21-17(14)16/h2-12H,1H3. The van der Waals surface area contributed by atoms with Gasteiger partial charge >= 0.3 is 17.4 Å². The fraction of sp³-hybridized carbons (Fsp3) is 0.0500. The number of aromatic nitrogens is 3. The van der Waals surface area contributed by atoms with Crippen molar-refractivity contribution < 1.29 is 14.4 Å². The summed E-state index contributed by atoms with van der Waals surface area (Å²) >= 11 is 0. The number of ether oxygens (including phenoxy) is 2. The fourth-order valence-corrected chi connectivity index (χ4v) is 2.63. The fourth-order valence-electron chi connectivity index (χ4n) is 2.63. The number of nitrogens with zero attached hydrogens (tertiary/aromatic N) is 4. The Kier molecular flexibility index (Phi) is 4.51. The molecule has 0 aliphatic heterocycles. The molecule has 8 nitrogen and oxygen atoms in total. The second-order valence-electron chi connectivity index (χ2n) is 5.94. The van der Waals surface area contributed by atoms with Gasteiger partial charge in [-0.15, -0.1) is 0 Å². The molecule has 0 fully saturated rings. The van der Waals surface area contributed by atoms with Crippen LogP contribution in [-0.4, -0.2) is 19.9 Å². The minimum atomic E-state index is -0.628. The molecule has 0 radical (unpaired) electrons. The van der Waals surface area contributed by atoms with E-state index in [0.29, 0.717) is 17.0 Å². The van der Waals surface area contributed by atoms with E-state index >= 15 is 0 Å². The second kappa shape index (κ2) is 7.28. The van der Waals surface area contributed by atoms with Gasteiger partial charge in [-0.05, 0) is 31.2 Å². The molecular formula is C20H14N4O4. The minimum absolute atomic E-state index is 0.202. The summed E-state index contributed by atoms with van der Waals surface area (Å²) in [5, 5.41) is 12.5. The average Bonchev–Trinajstić information content (AvgIpc) is 2.70. The highest BCUT2D eigenvalue weighted by Gasteiger charge is 2.27. The van der Waals surface area contributed by atoms with Gasteiger partial charge in [-0.3, -0.25) is 15.1 Å². The van der Waals surface area contributed by atoms with E-state index in [-0.39, 0.29) is 11.8 Å². The SMILES string of the molecule is Cc1ccc(Oc2ncnc(Oc3cccc4cccnc34)c2[N+](=O)[O-])cc1. The van der Waals surface area contributed by atoms with Gasteiger partial charge in [0.15, 0.2) is 5.75 Å². The first kappa shape index (κ1) is 17.3. The van der Waals surface area contributed by atoms with Gasteiger partial charge in [-0.25, -0.2) is 0 Å². The molecule has 0 saturated carbocycles. The van der Waals surface area contributed by atoms with Gasteiger partial charge < -0.3 is 9.47 Å². The largest absolute Gasteiger partial charge is 0.433 e. The van der Waals surface area contributed by atoms with E-state index in [9.17, 15) is 10.1 Å². The van der Waals surface area contributed by atoms with Crippen LogP contribution in [0, 0.1) is 17.0 Å². The van der Waals surface area contributed by atoms with Crippen molar-refractivity contribution in [3.8, 4) is 23.3 Å². The first-order valence-electron chi connectivity index (χ1n) is 8.37. The first-order chi connectivity index (χ1) is 13.6. The summed E-state index contributed by atoms with van der Waals surface area (Å²) in [5.41, 5.74) is 1.15. The lowest BCUT2D eigenvalue weighted by Gasteiger charge is -2.10. The van der Waals surface area contributed by atoms with E-state index in [1.165, 1.54) is 0 Å². The van der Waals surface area contributed by atoms with E-state index in [2.05, 4.69) is 15.0 Å². The Morgan fingerprint density at radius 2 is 1.61 bits per heavy atom. The average molecular weight is 374 g/mol. The van der Waals surface area contributed by atoms with E-state index in [0.717, 1.165) is 17.3 Å². The highest BCUT2D eigenvalue weighted by Crippen LogP contribution is 2.38. The van der Waals surface area contributed by atoms with Crippen molar-refractivity contribution in [2.24, 2.45) is 0 Å². The van der Waals surface area contributed by atoms with Crippen LogP contribution in [0.25, 0.3) is 10.9 Å². The molecule has 28 heavy (non-hydrogen) atoms. The molecule has 0 amide bonds. The molecule has 0 atom stereocenters. The molecule has 2 heterocycles. The Labute approximate surface area is 159 Å². The molecule has 8 heteroatoms. The zero-order chi connectivity index (χ0) is 19.5. The van der Waals surface area contributed by atoms with E-state index < -0.39 is 10.6 Å². The number of benzene rings is 2. The zero-order valence-electron chi connectivity index (χ0n) is 14.8. The van der Waals surface area contributed by atoms with E-state index in [4.69, 9.17) is 9.47 Å². The molecule has 4 rings (SSSR count). The molecule has 0 saturated heterocycles. The van der Waals surface area contributed by atoms with Gasteiger partial charge in [0.2, 0.25) is 0 Å². The molecule has 4 aromatic rings. The smallest absolute Gasteiger partial charge is 0.393 e. The maximum atomic E-state index is 11.7. The van der Waals surface area contributed by atoms with Crippen LogP contribution in [0.4, 0.5) is 5.69 Å². The van der Waals surface area contributed by atoms with Gasteiger partial charge in [0.05, 0.1) is 4.92 Å². The lowest BCUT2D eigenvalue weighted by molar-refractivity contribution is -0.387. The third kappa shape index (κ3) is 3.43. The van der Waals surface area contributed by atoms with Crippen molar-refractivity contribution in [3.63, 3.8) is 0 Å². The number of fused-ring (bicyclic) bond motifs is 1. The van der Waals surface area contributed by atoms with Crippen molar-refractivity contribution >= 4 is 16.6 Å². The van der Waals surface area contributed by atoms with Crippen molar-refractivity contribution in [2.75, 3.05) is 0 Å². The first-order valence-corrected chi connectivity index (χ1v) is 8.37. The van der Waals surface area contributed by atoms with E-state index in [1.807, 2.05) is 31.2 Å². The van der Waals surface area contributed by atoms with Crippen molar-refractivity contribution in [1.82, 2.24) is 15.0 Å². The summed E-state index contributed by atoms with van der Waals surface area (Å²) in [7, 11) is 0. The molecule has 0 bridgehead atoms. The molecule has 0 unspecified atom stereocenters. The van der Waals surface area contributed by atoms with Crippen LogP contribution >= 0.6 is 0 Å². The molecule has 0 aliphatic rings. The molecule has 2 aromatic carbocycles. The Morgan fingerprint density at radius 1 is 0.893 bits per heavy atom. The van der Waals surface area contributed by atoms with Crippen LogP contribution in [-0.2, 0) is 0 Å². The summed E-state index contributed by atoms with van der Waals surface area (Å²) < 4.78 is 11.3. The van der Waals surface area contributed by atoms with Gasteiger partial charge in [0.1, 0.15) is 17.6 Å². The summed E-state index contributed by atoms with van der Waals surface area (Å²) in [6, 6.07) is 16.1. The van der Waals surface area contributed by atoms with Crippen LogP contribution in [0.15, 0.2) is 67.1 Å². The van der Waals surface area contributed by atoms with E-state index in [1.54, 1.807) is 36.5 Å². The summed E-state index contributed by atoms with van der Waals surface area (Å²) in [4.78, 5) is 23.2. The van der Waals surface area contributed by atoms with Crippen LogP contribution < -0.4 is 9.47 Å². The number of aryl methyl sites for hydroxylation is 1. The normalized spacial score (nSPS) is 10.6. The summed E-state index contributed by atoms with van der Waals surface area (Å²) in [6.07, 6.45) is 2.78. The van der Waals surface area contributed by atoms with Crippen LogP contribution in [0.5, 0.6) is 23.3 Å². The van der Waals surface area contributed by atoms with Crippen molar-refractivity contribution in [3.05, 3.63) is 82.8 Å². The maximum Gasteiger partial charge on any atom is 0.393 e. The number of rotatable bonds is 5. The van der Waals surface area contributed by atoms with Crippen molar-refractivity contribution in [2.45, 2.75) is 6.92 Å². The molecular weight excluding hydrogens is 360 g/mol. The van der Waals surface area contributed by atoms with Crippen LogP contribution in [0.3, 0.4) is 0 Å².